The van der Waals surface area contributed by atoms with E-state index in [1.807, 2.05) is 30.3 Å². The number of rotatable bonds is 11. The lowest BCUT2D eigenvalue weighted by Crippen LogP contribution is -2.31. The lowest BCUT2D eigenvalue weighted by molar-refractivity contribution is 0.280. The number of aromatic nitrogens is 3. The van der Waals surface area contributed by atoms with E-state index in [1.165, 1.54) is 6.07 Å². The van der Waals surface area contributed by atoms with Crippen molar-refractivity contribution in [3.8, 4) is 0 Å². The third-order valence-corrected chi connectivity index (χ3v) is 6.03. The molecule has 0 bridgehead atoms. The zero-order valence-corrected chi connectivity index (χ0v) is 19.1. The first-order chi connectivity index (χ1) is 15.9. The van der Waals surface area contributed by atoms with Gasteiger partial charge in [0.05, 0.1) is 25.2 Å². The first-order valence-corrected chi connectivity index (χ1v) is 11.5. The van der Waals surface area contributed by atoms with Gasteiger partial charge in [-0.15, -0.1) is 0 Å². The Bertz CT molecular complexity index is 1170. The second-order valence-electron chi connectivity index (χ2n) is 6.93. The van der Waals surface area contributed by atoms with Gasteiger partial charge in [-0.2, -0.15) is 23.4 Å². The summed E-state index contributed by atoms with van der Waals surface area (Å²) in [6.07, 6.45) is 0. The zero-order valence-electron chi connectivity index (χ0n) is 18.3. The summed E-state index contributed by atoms with van der Waals surface area (Å²) in [6.45, 7) is 1.75. The van der Waals surface area contributed by atoms with Gasteiger partial charge in [0, 0.05) is 24.5 Å². The Kier molecular flexibility index (Phi) is 8.11. The Labute approximate surface area is 192 Å². The molecule has 176 valence electrons. The van der Waals surface area contributed by atoms with E-state index in [2.05, 4.69) is 29.8 Å². The maximum absolute atomic E-state index is 12.2. The Morgan fingerprint density at radius 2 is 1.52 bits per heavy atom. The number of aryl methyl sites for hydroxylation is 1. The standard InChI is InChI=1S/C21H26N6O5S/c1-15-8-9-17(14-18(15)33(30,31)32-2)23-20-24-19(22-16-6-4-3-5-7-16)25-21(26-20)27(10-12-28)11-13-29/h3-9,14,28-29H,10-13H2,1-2H3,(H2,22,23,24,25,26). The van der Waals surface area contributed by atoms with Crippen LogP contribution in [0.5, 0.6) is 0 Å². The molecule has 0 saturated heterocycles. The van der Waals surface area contributed by atoms with Gasteiger partial charge in [-0.3, -0.25) is 4.18 Å². The molecule has 0 unspecified atom stereocenters. The van der Waals surface area contributed by atoms with Gasteiger partial charge in [0.25, 0.3) is 10.1 Å². The molecule has 12 heteroatoms. The van der Waals surface area contributed by atoms with E-state index in [9.17, 15) is 18.6 Å². The molecule has 2 aromatic carbocycles. The third kappa shape index (κ3) is 6.35. The Hall–Kier alpha value is -3.32. The van der Waals surface area contributed by atoms with Crippen molar-refractivity contribution in [3.63, 3.8) is 0 Å². The molecule has 0 fully saturated rings. The highest BCUT2D eigenvalue weighted by atomic mass is 32.2. The lowest BCUT2D eigenvalue weighted by Gasteiger charge is -2.21. The summed E-state index contributed by atoms with van der Waals surface area (Å²) >= 11 is 0. The fourth-order valence-corrected chi connectivity index (χ4v) is 3.90. The molecular formula is C21H26N6O5S. The SMILES string of the molecule is COS(=O)(=O)c1cc(Nc2nc(Nc3ccccc3)nc(N(CCO)CCO)n2)ccc1C. The lowest BCUT2D eigenvalue weighted by atomic mass is 10.2. The predicted octanol–water partition coefficient (Wildman–Crippen LogP) is 1.79. The van der Waals surface area contributed by atoms with E-state index in [1.54, 1.807) is 24.0 Å². The third-order valence-electron chi connectivity index (χ3n) is 4.61. The van der Waals surface area contributed by atoms with Gasteiger partial charge in [-0.05, 0) is 36.8 Å². The molecule has 0 spiro atoms. The van der Waals surface area contributed by atoms with Crippen LogP contribution in [0.15, 0.2) is 53.4 Å². The first-order valence-electron chi connectivity index (χ1n) is 10.1. The van der Waals surface area contributed by atoms with E-state index < -0.39 is 10.1 Å². The maximum Gasteiger partial charge on any atom is 0.297 e. The molecule has 0 aliphatic carbocycles. The van der Waals surface area contributed by atoms with Gasteiger partial charge in [0.1, 0.15) is 0 Å². The van der Waals surface area contributed by atoms with Gasteiger partial charge in [0.15, 0.2) is 0 Å². The number of aliphatic hydroxyl groups is 2. The quantitative estimate of drug-likeness (QED) is 0.301. The van der Waals surface area contributed by atoms with Crippen molar-refractivity contribution >= 4 is 39.3 Å². The molecule has 4 N–H and O–H groups in total. The van der Waals surface area contributed by atoms with Crippen LogP contribution < -0.4 is 15.5 Å². The molecule has 0 saturated carbocycles. The van der Waals surface area contributed by atoms with Crippen LogP contribution in [-0.4, -0.2) is 67.0 Å². The minimum Gasteiger partial charge on any atom is -0.395 e. The molecule has 1 aromatic heterocycles. The Morgan fingerprint density at radius 3 is 2.09 bits per heavy atom. The summed E-state index contributed by atoms with van der Waals surface area (Å²) in [4.78, 5) is 14.8. The average molecular weight is 475 g/mol. The van der Waals surface area contributed by atoms with Crippen LogP contribution >= 0.6 is 0 Å². The van der Waals surface area contributed by atoms with Crippen molar-refractivity contribution in [2.24, 2.45) is 0 Å². The molecule has 0 radical (unpaired) electrons. The minimum absolute atomic E-state index is 0.0223. The number of nitrogens with one attached hydrogen (secondary N) is 2. The van der Waals surface area contributed by atoms with Crippen LogP contribution in [0.4, 0.5) is 29.2 Å². The van der Waals surface area contributed by atoms with Gasteiger partial charge < -0.3 is 25.7 Å². The van der Waals surface area contributed by atoms with Crippen molar-refractivity contribution in [1.82, 2.24) is 15.0 Å². The molecule has 11 nitrogen and oxygen atoms in total. The zero-order chi connectivity index (χ0) is 23.8. The molecular weight excluding hydrogens is 448 g/mol. The van der Waals surface area contributed by atoms with E-state index in [4.69, 9.17) is 0 Å². The van der Waals surface area contributed by atoms with Crippen molar-refractivity contribution in [3.05, 3.63) is 54.1 Å². The summed E-state index contributed by atoms with van der Waals surface area (Å²) in [5, 5.41) is 24.9. The monoisotopic (exact) mass is 474 g/mol. The van der Waals surface area contributed by atoms with Crippen LogP contribution in [0.25, 0.3) is 0 Å². The van der Waals surface area contributed by atoms with Crippen LogP contribution in [-0.2, 0) is 14.3 Å². The number of hydrogen-bond donors (Lipinski definition) is 4. The van der Waals surface area contributed by atoms with E-state index in [0.717, 1.165) is 12.8 Å². The fraction of sp³-hybridized carbons (Fsp3) is 0.286. The molecule has 0 aliphatic rings. The number of anilines is 5. The van der Waals surface area contributed by atoms with Crippen molar-refractivity contribution < 1.29 is 22.8 Å². The highest BCUT2D eigenvalue weighted by molar-refractivity contribution is 7.86. The highest BCUT2D eigenvalue weighted by Gasteiger charge is 2.18. The summed E-state index contributed by atoms with van der Waals surface area (Å²) in [5.41, 5.74) is 1.71. The topological polar surface area (TPSA) is 150 Å². The first kappa shape index (κ1) is 24.3. The fourth-order valence-electron chi connectivity index (χ4n) is 2.99. The van der Waals surface area contributed by atoms with Gasteiger partial charge in [-0.25, -0.2) is 0 Å². The second-order valence-corrected chi connectivity index (χ2v) is 8.62. The van der Waals surface area contributed by atoms with Gasteiger partial charge >= 0.3 is 0 Å². The number of para-hydroxylation sites is 1. The molecule has 0 aliphatic heterocycles. The summed E-state index contributed by atoms with van der Waals surface area (Å²) in [6, 6.07) is 14.1. The Morgan fingerprint density at radius 1 is 0.909 bits per heavy atom. The number of benzene rings is 2. The average Bonchev–Trinajstić information content (AvgIpc) is 2.80. The highest BCUT2D eigenvalue weighted by Crippen LogP contribution is 2.25. The number of nitrogens with zero attached hydrogens (tertiary/aromatic N) is 4. The van der Waals surface area contributed by atoms with Gasteiger partial charge in [0.2, 0.25) is 17.8 Å². The van der Waals surface area contributed by atoms with Crippen LogP contribution in [0.3, 0.4) is 0 Å². The minimum atomic E-state index is -3.90. The summed E-state index contributed by atoms with van der Waals surface area (Å²) in [7, 11) is -2.80. The molecule has 0 amide bonds. The van der Waals surface area contributed by atoms with Gasteiger partial charge in [-0.1, -0.05) is 24.3 Å². The van der Waals surface area contributed by atoms with E-state index >= 15 is 0 Å². The number of hydrogen-bond acceptors (Lipinski definition) is 11. The molecule has 3 rings (SSSR count). The number of aliphatic hydroxyl groups excluding tert-OH is 2. The van der Waals surface area contributed by atoms with E-state index in [0.29, 0.717) is 11.3 Å². The molecule has 33 heavy (non-hydrogen) atoms. The summed E-state index contributed by atoms with van der Waals surface area (Å²) in [5.74, 6) is 0.598. The predicted molar refractivity (Wildman–Crippen MR) is 125 cm³/mol. The summed E-state index contributed by atoms with van der Waals surface area (Å²) < 4.78 is 29.1. The second kappa shape index (κ2) is 11.0. The van der Waals surface area contributed by atoms with Crippen molar-refractivity contribution in [2.45, 2.75) is 11.8 Å². The normalized spacial score (nSPS) is 11.3. The van der Waals surface area contributed by atoms with Crippen LogP contribution in [0, 0.1) is 6.92 Å². The van der Waals surface area contributed by atoms with Crippen molar-refractivity contribution in [1.29, 1.82) is 0 Å². The maximum atomic E-state index is 12.2. The molecule has 1 heterocycles. The Balaban J connectivity index is 2.00. The smallest absolute Gasteiger partial charge is 0.297 e. The molecule has 3 aromatic rings. The largest absolute Gasteiger partial charge is 0.395 e. The van der Waals surface area contributed by atoms with Crippen LogP contribution in [0.2, 0.25) is 0 Å². The van der Waals surface area contributed by atoms with Crippen LogP contribution in [0.1, 0.15) is 5.56 Å². The van der Waals surface area contributed by atoms with Crippen molar-refractivity contribution in [2.75, 3.05) is 48.9 Å². The molecule has 0 atom stereocenters. The van der Waals surface area contributed by atoms with E-state index in [-0.39, 0.29) is 49.0 Å².